The molecule has 0 N–H and O–H groups in total. The molecule has 3 saturated heterocycles. The lowest BCUT2D eigenvalue weighted by molar-refractivity contribution is -0.136. The van der Waals surface area contributed by atoms with Crippen molar-refractivity contribution in [1.82, 2.24) is 14.7 Å². The number of piperidine rings is 1. The standard InChI is InChI=1S/C24H25F2N3O5/c25-16-5-6-17(18(26)14-16)21(30)28-11-7-24(8-12-28)29(23(32)20-4-3-13-33-20)19(15-34-24)22(31)27-9-1-2-10-27/h3-6,13-14,19H,1-2,7-12,15H2/t19-/m0/s1. The molecular formula is C24H25F2N3O5. The van der Waals surface area contributed by atoms with Crippen LogP contribution in [0.2, 0.25) is 0 Å². The Morgan fingerprint density at radius 3 is 2.32 bits per heavy atom. The molecule has 0 saturated carbocycles. The molecule has 1 atom stereocenters. The third-order valence-corrected chi connectivity index (χ3v) is 6.91. The van der Waals surface area contributed by atoms with Crippen molar-refractivity contribution >= 4 is 17.7 Å². The van der Waals surface area contributed by atoms with Crippen molar-refractivity contribution in [3.63, 3.8) is 0 Å². The van der Waals surface area contributed by atoms with E-state index < -0.39 is 35.2 Å². The van der Waals surface area contributed by atoms with E-state index in [2.05, 4.69) is 0 Å². The smallest absolute Gasteiger partial charge is 0.292 e. The summed E-state index contributed by atoms with van der Waals surface area (Å²) in [6.45, 7) is 1.72. The van der Waals surface area contributed by atoms with Gasteiger partial charge >= 0.3 is 0 Å². The Balaban J connectivity index is 1.37. The van der Waals surface area contributed by atoms with Crippen LogP contribution in [0.1, 0.15) is 46.6 Å². The number of hydrogen-bond acceptors (Lipinski definition) is 5. The Hall–Kier alpha value is -3.27. The Kier molecular flexibility index (Phi) is 5.85. The lowest BCUT2D eigenvalue weighted by atomic mass is 9.96. The molecule has 1 spiro atoms. The third-order valence-electron chi connectivity index (χ3n) is 6.91. The van der Waals surface area contributed by atoms with Crippen molar-refractivity contribution in [3.05, 3.63) is 59.6 Å². The molecule has 3 fully saturated rings. The van der Waals surface area contributed by atoms with E-state index in [1.54, 1.807) is 17.0 Å². The molecule has 180 valence electrons. The Bertz CT molecular complexity index is 1090. The average Bonchev–Trinajstić information content (AvgIpc) is 3.60. The zero-order chi connectivity index (χ0) is 23.9. The number of carbonyl (C=O) groups is 3. The number of carbonyl (C=O) groups excluding carboxylic acids is 3. The van der Waals surface area contributed by atoms with Gasteiger partial charge in [-0.1, -0.05) is 0 Å². The van der Waals surface area contributed by atoms with Gasteiger partial charge in [-0.05, 0) is 37.1 Å². The Morgan fingerprint density at radius 1 is 0.941 bits per heavy atom. The van der Waals surface area contributed by atoms with Crippen LogP contribution in [0, 0.1) is 11.6 Å². The molecule has 8 nitrogen and oxygen atoms in total. The summed E-state index contributed by atoms with van der Waals surface area (Å²) >= 11 is 0. The van der Waals surface area contributed by atoms with Crippen molar-refractivity contribution in [2.45, 2.75) is 37.5 Å². The summed E-state index contributed by atoms with van der Waals surface area (Å²) in [6, 6.07) is 5.21. The zero-order valence-electron chi connectivity index (χ0n) is 18.5. The van der Waals surface area contributed by atoms with Crippen molar-refractivity contribution in [2.24, 2.45) is 0 Å². The van der Waals surface area contributed by atoms with Crippen molar-refractivity contribution in [3.8, 4) is 0 Å². The SMILES string of the molecule is O=C(c1ccc(F)cc1F)N1CCC2(CC1)OC[C@@H](C(=O)N1CCCC1)N2C(=O)c1ccco1. The van der Waals surface area contributed by atoms with Crippen LogP contribution in [-0.2, 0) is 9.53 Å². The van der Waals surface area contributed by atoms with E-state index in [9.17, 15) is 23.2 Å². The van der Waals surface area contributed by atoms with Gasteiger partial charge in [0.2, 0.25) is 5.91 Å². The van der Waals surface area contributed by atoms with Gasteiger partial charge in [-0.15, -0.1) is 0 Å². The van der Waals surface area contributed by atoms with Gasteiger partial charge in [0.1, 0.15) is 23.4 Å². The number of ether oxygens (including phenoxy) is 1. The first kappa shape index (κ1) is 22.5. The zero-order valence-corrected chi connectivity index (χ0v) is 18.5. The highest BCUT2D eigenvalue weighted by Gasteiger charge is 2.55. The first-order valence-electron chi connectivity index (χ1n) is 11.4. The average molecular weight is 473 g/mol. The highest BCUT2D eigenvalue weighted by Crippen LogP contribution is 2.39. The first-order chi connectivity index (χ1) is 16.4. The molecule has 0 aliphatic carbocycles. The summed E-state index contributed by atoms with van der Waals surface area (Å²) in [5.41, 5.74) is -1.29. The molecular weight excluding hydrogens is 448 g/mol. The molecule has 10 heteroatoms. The van der Waals surface area contributed by atoms with E-state index in [0.717, 1.165) is 25.0 Å². The summed E-state index contributed by atoms with van der Waals surface area (Å²) in [7, 11) is 0. The first-order valence-corrected chi connectivity index (χ1v) is 11.4. The fourth-order valence-corrected chi connectivity index (χ4v) is 5.12. The van der Waals surface area contributed by atoms with E-state index in [1.807, 2.05) is 0 Å². The largest absolute Gasteiger partial charge is 0.459 e. The number of furan rings is 1. The van der Waals surface area contributed by atoms with Gasteiger partial charge in [-0.3, -0.25) is 19.3 Å². The number of hydrogen-bond donors (Lipinski definition) is 0. The van der Waals surface area contributed by atoms with Crippen molar-refractivity contribution in [1.29, 1.82) is 0 Å². The maximum atomic E-state index is 14.1. The van der Waals surface area contributed by atoms with Gasteiger partial charge in [-0.25, -0.2) is 8.78 Å². The molecule has 1 aromatic carbocycles. The van der Waals surface area contributed by atoms with Gasteiger partial charge in [0.25, 0.3) is 11.8 Å². The monoisotopic (exact) mass is 473 g/mol. The molecule has 1 aromatic heterocycles. The van der Waals surface area contributed by atoms with Crippen LogP contribution in [0.15, 0.2) is 41.0 Å². The van der Waals surface area contributed by atoms with E-state index in [-0.39, 0.29) is 49.8 Å². The van der Waals surface area contributed by atoms with E-state index in [4.69, 9.17) is 9.15 Å². The van der Waals surface area contributed by atoms with Crippen LogP contribution in [0.25, 0.3) is 0 Å². The van der Waals surface area contributed by atoms with Crippen LogP contribution in [0.3, 0.4) is 0 Å². The lowest BCUT2D eigenvalue weighted by Gasteiger charge is -2.44. The molecule has 0 radical (unpaired) electrons. The minimum Gasteiger partial charge on any atom is -0.459 e. The van der Waals surface area contributed by atoms with E-state index >= 15 is 0 Å². The van der Waals surface area contributed by atoms with Gasteiger partial charge in [0.05, 0.1) is 18.4 Å². The summed E-state index contributed by atoms with van der Waals surface area (Å²) in [4.78, 5) is 44.2. The second-order valence-electron chi connectivity index (χ2n) is 8.87. The molecule has 2 aromatic rings. The quantitative estimate of drug-likeness (QED) is 0.685. The predicted octanol–water partition coefficient (Wildman–Crippen LogP) is 2.65. The summed E-state index contributed by atoms with van der Waals surface area (Å²) in [5.74, 6) is -2.72. The summed E-state index contributed by atoms with van der Waals surface area (Å²) in [5, 5.41) is 0. The van der Waals surface area contributed by atoms with Crippen LogP contribution in [0.5, 0.6) is 0 Å². The highest BCUT2D eigenvalue weighted by atomic mass is 19.1. The second-order valence-corrected chi connectivity index (χ2v) is 8.87. The fourth-order valence-electron chi connectivity index (χ4n) is 5.12. The second kappa shape index (κ2) is 8.83. The molecule has 4 heterocycles. The fraction of sp³-hybridized carbons (Fsp3) is 0.458. The van der Waals surface area contributed by atoms with Crippen molar-refractivity contribution in [2.75, 3.05) is 32.8 Å². The maximum absolute atomic E-state index is 14.1. The third kappa shape index (κ3) is 3.85. The van der Waals surface area contributed by atoms with E-state index in [1.165, 1.54) is 16.1 Å². The topological polar surface area (TPSA) is 83.3 Å². The number of amides is 3. The molecule has 34 heavy (non-hydrogen) atoms. The van der Waals surface area contributed by atoms with Gasteiger partial charge in [-0.2, -0.15) is 0 Å². The maximum Gasteiger partial charge on any atom is 0.292 e. The Morgan fingerprint density at radius 2 is 1.68 bits per heavy atom. The number of rotatable bonds is 3. The highest BCUT2D eigenvalue weighted by molar-refractivity contribution is 5.97. The predicted molar refractivity (Wildman–Crippen MR) is 115 cm³/mol. The molecule has 0 unspecified atom stereocenters. The van der Waals surface area contributed by atoms with Crippen LogP contribution in [-0.4, -0.2) is 77.0 Å². The molecule has 3 aliphatic heterocycles. The van der Waals surface area contributed by atoms with Crippen LogP contribution >= 0.6 is 0 Å². The summed E-state index contributed by atoms with van der Waals surface area (Å²) < 4.78 is 38.9. The minimum atomic E-state index is -1.08. The molecule has 0 bridgehead atoms. The number of benzene rings is 1. The molecule has 3 aliphatic rings. The van der Waals surface area contributed by atoms with Crippen LogP contribution in [0.4, 0.5) is 8.78 Å². The van der Waals surface area contributed by atoms with Crippen molar-refractivity contribution < 1.29 is 32.3 Å². The number of halogens is 2. The van der Waals surface area contributed by atoms with Gasteiger partial charge < -0.3 is 19.0 Å². The van der Waals surface area contributed by atoms with Gasteiger partial charge in [0, 0.05) is 45.1 Å². The molecule has 3 amide bonds. The van der Waals surface area contributed by atoms with Crippen LogP contribution < -0.4 is 0 Å². The minimum absolute atomic E-state index is 0.0579. The molecule has 5 rings (SSSR count). The summed E-state index contributed by atoms with van der Waals surface area (Å²) in [6.07, 6.45) is 3.74. The Labute approximate surface area is 195 Å². The van der Waals surface area contributed by atoms with E-state index in [0.29, 0.717) is 19.2 Å². The normalized spacial score (nSPS) is 21.9. The van der Waals surface area contributed by atoms with Gasteiger partial charge in [0.15, 0.2) is 5.76 Å². The lowest BCUT2D eigenvalue weighted by Crippen LogP contribution is -2.60. The number of likely N-dealkylation sites (tertiary alicyclic amines) is 2. The number of nitrogens with zero attached hydrogens (tertiary/aromatic N) is 3.